The summed E-state index contributed by atoms with van der Waals surface area (Å²) in [5.41, 5.74) is 7.46. The number of ether oxygens (including phenoxy) is 1. The van der Waals surface area contributed by atoms with E-state index in [1.165, 1.54) is 0 Å². The van der Waals surface area contributed by atoms with E-state index in [4.69, 9.17) is 15.7 Å². The average molecular weight is 328 g/mol. The van der Waals surface area contributed by atoms with Crippen molar-refractivity contribution in [3.05, 3.63) is 28.2 Å². The fourth-order valence-electron chi connectivity index (χ4n) is 2.26. The monoisotopic (exact) mass is 327 g/mol. The Balaban J connectivity index is 2.37. The number of nitrogens with two attached hydrogens (primary N) is 1. The molecule has 1 aliphatic heterocycles. The summed E-state index contributed by atoms with van der Waals surface area (Å²) in [6.45, 7) is 4.53. The third-order valence-corrected chi connectivity index (χ3v) is 3.63. The number of halogens is 1. The van der Waals surface area contributed by atoms with E-state index in [9.17, 15) is 0 Å². The number of rotatable bonds is 2. The summed E-state index contributed by atoms with van der Waals surface area (Å²) in [5, 5.41) is 12.0. The number of amidine groups is 1. The molecule has 104 valence electrons. The minimum Gasteiger partial charge on any atom is -0.409 e. The molecule has 0 bridgehead atoms. The Labute approximate surface area is 121 Å². The summed E-state index contributed by atoms with van der Waals surface area (Å²) in [7, 11) is 0. The summed E-state index contributed by atoms with van der Waals surface area (Å²) in [6.07, 6.45) is 1.14. The smallest absolute Gasteiger partial charge is 0.172 e. The average Bonchev–Trinajstić information content (AvgIpc) is 2.62. The summed E-state index contributed by atoms with van der Waals surface area (Å²) in [5.74, 6) is 0.120. The number of benzene rings is 1. The molecule has 1 fully saturated rings. The Morgan fingerprint density at radius 2 is 2.37 bits per heavy atom. The number of hydrogen-bond donors (Lipinski definition) is 2. The molecule has 1 aliphatic rings. The number of oxime groups is 1. The van der Waals surface area contributed by atoms with Crippen LogP contribution in [0.2, 0.25) is 0 Å². The van der Waals surface area contributed by atoms with Crippen molar-refractivity contribution in [3.63, 3.8) is 0 Å². The summed E-state index contributed by atoms with van der Waals surface area (Å²) in [4.78, 5) is 2.22. The topological polar surface area (TPSA) is 71.1 Å². The van der Waals surface area contributed by atoms with Crippen LogP contribution < -0.4 is 10.6 Å². The highest BCUT2D eigenvalue weighted by Gasteiger charge is 2.19. The van der Waals surface area contributed by atoms with Crippen molar-refractivity contribution in [2.75, 3.05) is 24.6 Å². The zero-order chi connectivity index (χ0) is 13.8. The number of nitrogens with zero attached hydrogens (tertiary/aromatic N) is 2. The molecule has 0 amide bonds. The maximum absolute atomic E-state index is 8.91. The van der Waals surface area contributed by atoms with Gasteiger partial charge in [0.2, 0.25) is 0 Å². The van der Waals surface area contributed by atoms with E-state index in [0.717, 1.165) is 41.8 Å². The Bertz CT molecular complexity index is 479. The van der Waals surface area contributed by atoms with Gasteiger partial charge in [-0.05, 0) is 31.5 Å². The van der Waals surface area contributed by atoms with Gasteiger partial charge >= 0.3 is 0 Å². The molecular weight excluding hydrogens is 310 g/mol. The van der Waals surface area contributed by atoms with E-state index in [-0.39, 0.29) is 11.9 Å². The van der Waals surface area contributed by atoms with Gasteiger partial charge < -0.3 is 20.6 Å². The first-order chi connectivity index (χ1) is 9.11. The van der Waals surface area contributed by atoms with Crippen LogP contribution in [0.25, 0.3) is 0 Å². The van der Waals surface area contributed by atoms with Crippen molar-refractivity contribution in [1.82, 2.24) is 0 Å². The summed E-state index contributed by atoms with van der Waals surface area (Å²) >= 11 is 3.41. The normalized spacial score (nSPS) is 21.3. The van der Waals surface area contributed by atoms with Crippen LogP contribution in [0, 0.1) is 0 Å². The Morgan fingerprint density at radius 3 is 3.11 bits per heavy atom. The predicted molar refractivity (Wildman–Crippen MR) is 78.9 cm³/mol. The van der Waals surface area contributed by atoms with Gasteiger partial charge in [-0.2, -0.15) is 0 Å². The van der Waals surface area contributed by atoms with Crippen LogP contribution in [0.1, 0.15) is 18.9 Å². The quantitative estimate of drug-likeness (QED) is 0.378. The van der Waals surface area contributed by atoms with Gasteiger partial charge in [0.05, 0.1) is 6.10 Å². The van der Waals surface area contributed by atoms with Crippen molar-refractivity contribution in [3.8, 4) is 0 Å². The van der Waals surface area contributed by atoms with E-state index >= 15 is 0 Å². The predicted octanol–water partition coefficient (Wildman–Crippen LogP) is 2.16. The molecular formula is C13H18BrN3O2. The number of anilines is 1. The fourth-order valence-corrected chi connectivity index (χ4v) is 2.62. The molecule has 0 aliphatic carbocycles. The minimum atomic E-state index is 0.120. The Morgan fingerprint density at radius 1 is 1.58 bits per heavy atom. The van der Waals surface area contributed by atoms with Gasteiger partial charge in [0, 0.05) is 35.4 Å². The lowest BCUT2D eigenvalue weighted by molar-refractivity contribution is 0.0821. The molecule has 1 unspecified atom stereocenters. The molecule has 3 N–H and O–H groups in total. The van der Waals surface area contributed by atoms with Crippen molar-refractivity contribution >= 4 is 27.5 Å². The van der Waals surface area contributed by atoms with Crippen LogP contribution in [-0.4, -0.2) is 36.8 Å². The molecule has 1 heterocycles. The van der Waals surface area contributed by atoms with Crippen molar-refractivity contribution in [2.24, 2.45) is 10.9 Å². The third-order valence-electron chi connectivity index (χ3n) is 3.14. The second-order valence-electron chi connectivity index (χ2n) is 4.63. The SMILES string of the molecule is CC1CN(c2ccc(Br)cc2/C(N)=N/O)CCCO1. The molecule has 1 saturated heterocycles. The minimum absolute atomic E-state index is 0.120. The molecule has 5 nitrogen and oxygen atoms in total. The van der Waals surface area contributed by atoms with E-state index in [2.05, 4.69) is 32.9 Å². The highest BCUT2D eigenvalue weighted by atomic mass is 79.9. The molecule has 1 aromatic carbocycles. The van der Waals surface area contributed by atoms with Crippen LogP contribution in [0.4, 0.5) is 5.69 Å². The van der Waals surface area contributed by atoms with Gasteiger partial charge in [0.25, 0.3) is 0 Å². The lowest BCUT2D eigenvalue weighted by atomic mass is 10.1. The molecule has 1 aromatic rings. The maximum atomic E-state index is 8.91. The third kappa shape index (κ3) is 3.39. The molecule has 0 spiro atoms. The van der Waals surface area contributed by atoms with E-state index in [1.54, 1.807) is 0 Å². The maximum Gasteiger partial charge on any atom is 0.172 e. The van der Waals surface area contributed by atoms with Crippen LogP contribution in [0.5, 0.6) is 0 Å². The highest BCUT2D eigenvalue weighted by molar-refractivity contribution is 9.10. The largest absolute Gasteiger partial charge is 0.409 e. The van der Waals surface area contributed by atoms with Crippen LogP contribution in [0.3, 0.4) is 0 Å². The molecule has 19 heavy (non-hydrogen) atoms. The first-order valence-corrected chi connectivity index (χ1v) is 7.05. The second-order valence-corrected chi connectivity index (χ2v) is 5.54. The lowest BCUT2D eigenvalue weighted by Gasteiger charge is -2.26. The van der Waals surface area contributed by atoms with Crippen LogP contribution in [0.15, 0.2) is 27.8 Å². The van der Waals surface area contributed by atoms with Gasteiger partial charge in [-0.15, -0.1) is 0 Å². The van der Waals surface area contributed by atoms with E-state index in [0.29, 0.717) is 0 Å². The molecule has 6 heteroatoms. The Kier molecular flexibility index (Phi) is 4.66. The van der Waals surface area contributed by atoms with Gasteiger partial charge in [0.1, 0.15) is 0 Å². The van der Waals surface area contributed by atoms with E-state index < -0.39 is 0 Å². The van der Waals surface area contributed by atoms with E-state index in [1.807, 2.05) is 18.2 Å². The van der Waals surface area contributed by atoms with Crippen LogP contribution in [-0.2, 0) is 4.74 Å². The zero-order valence-corrected chi connectivity index (χ0v) is 12.4. The summed E-state index contributed by atoms with van der Waals surface area (Å²) < 4.78 is 6.54. The molecule has 0 saturated carbocycles. The highest BCUT2D eigenvalue weighted by Crippen LogP contribution is 2.26. The van der Waals surface area contributed by atoms with Gasteiger partial charge in [-0.1, -0.05) is 21.1 Å². The standard InChI is InChI=1S/C13H18BrN3O2/c1-9-8-17(5-2-6-19-9)12-4-3-10(14)7-11(12)13(15)16-18/h3-4,7,9,18H,2,5-6,8H2,1H3,(H2,15,16). The molecule has 2 rings (SSSR count). The molecule has 1 atom stereocenters. The van der Waals surface area contributed by atoms with Crippen molar-refractivity contribution in [2.45, 2.75) is 19.4 Å². The van der Waals surface area contributed by atoms with Gasteiger partial charge in [-0.3, -0.25) is 0 Å². The fraction of sp³-hybridized carbons (Fsp3) is 0.462. The molecule has 0 aromatic heterocycles. The van der Waals surface area contributed by atoms with Gasteiger partial charge in [0.15, 0.2) is 5.84 Å². The second kappa shape index (κ2) is 6.25. The summed E-state index contributed by atoms with van der Waals surface area (Å²) in [6, 6.07) is 5.80. The lowest BCUT2D eigenvalue weighted by Crippen LogP contribution is -2.32. The zero-order valence-electron chi connectivity index (χ0n) is 10.8. The van der Waals surface area contributed by atoms with Crippen molar-refractivity contribution in [1.29, 1.82) is 0 Å². The first-order valence-electron chi connectivity index (χ1n) is 6.26. The molecule has 0 radical (unpaired) electrons. The van der Waals surface area contributed by atoms with Gasteiger partial charge in [-0.25, -0.2) is 0 Å². The first kappa shape index (κ1) is 14.1. The van der Waals surface area contributed by atoms with Crippen molar-refractivity contribution < 1.29 is 9.94 Å². The number of hydrogen-bond acceptors (Lipinski definition) is 4. The Hall–Kier alpha value is -1.27. The van der Waals surface area contributed by atoms with Crippen LogP contribution >= 0.6 is 15.9 Å².